The molecule has 3 aromatic rings. The number of amides is 1. The van der Waals surface area contributed by atoms with Gasteiger partial charge in [-0.05, 0) is 49.6 Å². The van der Waals surface area contributed by atoms with Gasteiger partial charge in [0.2, 0.25) is 0 Å². The Kier molecular flexibility index (Phi) is 3.20. The lowest BCUT2D eigenvalue weighted by Gasteiger charge is -2.17. The molecule has 1 amide bonds. The van der Waals surface area contributed by atoms with Crippen molar-refractivity contribution < 1.29 is 4.79 Å². The monoisotopic (exact) mass is 324 g/mol. The van der Waals surface area contributed by atoms with Gasteiger partial charge in [-0.1, -0.05) is 41.4 Å². The Labute approximate surface area is 139 Å². The summed E-state index contributed by atoms with van der Waals surface area (Å²) in [5.74, 6) is -0.0737. The maximum Gasteiger partial charge on any atom is 0.268 e. The van der Waals surface area contributed by atoms with Crippen LogP contribution in [0.1, 0.15) is 34.5 Å². The highest BCUT2D eigenvalue weighted by atomic mass is 35.5. The number of hydrogen-bond acceptors (Lipinski definition) is 1. The van der Waals surface area contributed by atoms with Crippen LogP contribution in [0.2, 0.25) is 5.02 Å². The van der Waals surface area contributed by atoms with Gasteiger partial charge in [-0.15, -0.1) is 0 Å². The van der Waals surface area contributed by atoms with Crippen LogP contribution in [0, 0.1) is 6.92 Å². The van der Waals surface area contributed by atoms with Crippen molar-refractivity contribution in [2.75, 3.05) is 0 Å². The highest BCUT2D eigenvalue weighted by molar-refractivity contribution is 6.31. The highest BCUT2D eigenvalue weighted by Gasteiger charge is 2.45. The smallest absolute Gasteiger partial charge is 0.268 e. The fourth-order valence-electron chi connectivity index (χ4n) is 2.99. The maximum atomic E-state index is 12.6. The van der Waals surface area contributed by atoms with Gasteiger partial charge in [-0.3, -0.25) is 4.79 Å². The van der Waals surface area contributed by atoms with Gasteiger partial charge >= 0.3 is 0 Å². The first-order valence-electron chi connectivity index (χ1n) is 7.74. The summed E-state index contributed by atoms with van der Waals surface area (Å²) < 4.78 is 0. The summed E-state index contributed by atoms with van der Waals surface area (Å²) in [7, 11) is 0. The van der Waals surface area contributed by atoms with Gasteiger partial charge in [0, 0.05) is 15.9 Å². The molecule has 1 aliphatic rings. The van der Waals surface area contributed by atoms with E-state index in [0.29, 0.717) is 10.7 Å². The Morgan fingerprint density at radius 1 is 1.13 bits per heavy atom. The van der Waals surface area contributed by atoms with Crippen LogP contribution < -0.4 is 5.32 Å². The van der Waals surface area contributed by atoms with Gasteiger partial charge in [0.05, 0.1) is 5.54 Å². The summed E-state index contributed by atoms with van der Waals surface area (Å²) in [5.41, 5.74) is 3.68. The molecule has 0 spiro atoms. The van der Waals surface area contributed by atoms with E-state index in [1.807, 2.05) is 24.3 Å². The van der Waals surface area contributed by atoms with Crippen LogP contribution in [0.25, 0.3) is 10.9 Å². The van der Waals surface area contributed by atoms with Crippen molar-refractivity contribution in [3.8, 4) is 0 Å². The quantitative estimate of drug-likeness (QED) is 0.729. The first-order valence-corrected chi connectivity index (χ1v) is 8.11. The van der Waals surface area contributed by atoms with Crippen molar-refractivity contribution in [3.05, 3.63) is 70.4 Å². The van der Waals surface area contributed by atoms with E-state index in [4.69, 9.17) is 11.6 Å². The minimum atomic E-state index is -0.209. The van der Waals surface area contributed by atoms with Gasteiger partial charge in [-0.2, -0.15) is 0 Å². The van der Waals surface area contributed by atoms with Gasteiger partial charge in [0.1, 0.15) is 5.69 Å². The van der Waals surface area contributed by atoms with E-state index in [0.717, 1.165) is 23.7 Å². The first-order chi connectivity index (χ1) is 11.1. The number of aromatic amines is 1. The Morgan fingerprint density at radius 2 is 1.87 bits per heavy atom. The number of nitrogens with one attached hydrogen (secondary N) is 2. The molecule has 3 nitrogen and oxygen atoms in total. The molecule has 0 saturated heterocycles. The van der Waals surface area contributed by atoms with Crippen LogP contribution in [0.5, 0.6) is 0 Å². The molecule has 116 valence electrons. The molecular weight excluding hydrogens is 308 g/mol. The minimum absolute atomic E-state index is 0.0737. The lowest BCUT2D eigenvalue weighted by Crippen LogP contribution is -2.35. The average Bonchev–Trinajstić information content (AvgIpc) is 3.18. The summed E-state index contributed by atoms with van der Waals surface area (Å²) in [6.45, 7) is 2.07. The van der Waals surface area contributed by atoms with Crippen molar-refractivity contribution in [2.24, 2.45) is 0 Å². The van der Waals surface area contributed by atoms with E-state index >= 15 is 0 Å². The third-order valence-electron chi connectivity index (χ3n) is 4.53. The van der Waals surface area contributed by atoms with Gasteiger partial charge in [0.25, 0.3) is 5.91 Å². The molecular formula is C19H17ClN2O. The fraction of sp³-hybridized carbons (Fsp3) is 0.211. The number of hydrogen-bond donors (Lipinski definition) is 2. The molecule has 0 radical (unpaired) electrons. The Hall–Kier alpha value is -2.26. The number of benzene rings is 2. The van der Waals surface area contributed by atoms with Crippen LogP contribution in [0.3, 0.4) is 0 Å². The summed E-state index contributed by atoms with van der Waals surface area (Å²) in [5, 5.41) is 4.81. The molecule has 2 N–H and O–H groups in total. The van der Waals surface area contributed by atoms with Crippen LogP contribution >= 0.6 is 11.6 Å². The highest BCUT2D eigenvalue weighted by Crippen LogP contribution is 2.45. The van der Waals surface area contributed by atoms with Crippen molar-refractivity contribution in [3.63, 3.8) is 0 Å². The normalized spacial score (nSPS) is 15.6. The number of rotatable bonds is 3. The van der Waals surface area contributed by atoms with Gasteiger partial charge < -0.3 is 10.3 Å². The first kappa shape index (κ1) is 14.3. The molecule has 4 heteroatoms. The molecule has 0 aliphatic heterocycles. The Morgan fingerprint density at radius 3 is 2.57 bits per heavy atom. The number of carbonyl (C=O) groups excluding carboxylic acids is 1. The van der Waals surface area contributed by atoms with Crippen LogP contribution in [-0.2, 0) is 5.54 Å². The minimum Gasteiger partial charge on any atom is -0.351 e. The lowest BCUT2D eigenvalue weighted by atomic mass is 10.0. The molecule has 0 bridgehead atoms. The summed E-state index contributed by atoms with van der Waals surface area (Å²) in [6, 6.07) is 15.8. The second-order valence-corrected chi connectivity index (χ2v) is 6.75. The largest absolute Gasteiger partial charge is 0.351 e. The second kappa shape index (κ2) is 5.14. The number of carbonyl (C=O) groups is 1. The molecule has 1 aliphatic carbocycles. The third kappa shape index (κ3) is 2.62. The predicted octanol–water partition coefficient (Wildman–Crippen LogP) is 4.55. The molecule has 0 unspecified atom stereocenters. The van der Waals surface area contributed by atoms with E-state index in [-0.39, 0.29) is 11.4 Å². The average molecular weight is 325 g/mol. The molecule has 1 aromatic heterocycles. The number of fused-ring (bicyclic) bond motifs is 1. The molecule has 1 fully saturated rings. The summed E-state index contributed by atoms with van der Waals surface area (Å²) in [6.07, 6.45) is 1.96. The van der Waals surface area contributed by atoms with Gasteiger partial charge in [0.15, 0.2) is 0 Å². The van der Waals surface area contributed by atoms with Crippen molar-refractivity contribution >= 4 is 28.4 Å². The topological polar surface area (TPSA) is 44.9 Å². The zero-order chi connectivity index (χ0) is 16.0. The Balaban J connectivity index is 1.60. The standard InChI is InChI=1S/C19H17ClN2O/c1-12-2-4-14(5-3-12)19(8-9-19)22-18(23)17-11-13-10-15(20)6-7-16(13)21-17/h2-7,10-11,21H,8-9H2,1H3,(H,22,23). The SMILES string of the molecule is Cc1ccc(C2(NC(=O)c3cc4cc(Cl)ccc4[nH]3)CC2)cc1. The molecule has 0 atom stereocenters. The second-order valence-electron chi connectivity index (χ2n) is 6.32. The summed E-state index contributed by atoms with van der Waals surface area (Å²) in [4.78, 5) is 15.8. The maximum absolute atomic E-state index is 12.6. The molecule has 23 heavy (non-hydrogen) atoms. The van der Waals surface area contributed by atoms with Gasteiger partial charge in [-0.25, -0.2) is 0 Å². The predicted molar refractivity (Wildman–Crippen MR) is 92.9 cm³/mol. The van der Waals surface area contributed by atoms with E-state index in [9.17, 15) is 4.79 Å². The van der Waals surface area contributed by atoms with Crippen molar-refractivity contribution in [2.45, 2.75) is 25.3 Å². The van der Waals surface area contributed by atoms with Crippen LogP contribution in [-0.4, -0.2) is 10.9 Å². The van der Waals surface area contributed by atoms with Crippen LogP contribution in [0.15, 0.2) is 48.5 Å². The van der Waals surface area contributed by atoms with E-state index < -0.39 is 0 Å². The lowest BCUT2D eigenvalue weighted by molar-refractivity contribution is 0.0926. The van der Waals surface area contributed by atoms with Crippen LogP contribution in [0.4, 0.5) is 0 Å². The summed E-state index contributed by atoms with van der Waals surface area (Å²) >= 11 is 6.00. The molecule has 4 rings (SSSR count). The van der Waals surface area contributed by atoms with E-state index in [1.54, 1.807) is 0 Å². The van der Waals surface area contributed by atoms with Crippen molar-refractivity contribution in [1.82, 2.24) is 10.3 Å². The van der Waals surface area contributed by atoms with E-state index in [1.165, 1.54) is 11.1 Å². The van der Waals surface area contributed by atoms with E-state index in [2.05, 4.69) is 41.5 Å². The zero-order valence-corrected chi connectivity index (χ0v) is 13.6. The fourth-order valence-corrected chi connectivity index (χ4v) is 3.17. The third-order valence-corrected chi connectivity index (χ3v) is 4.77. The zero-order valence-electron chi connectivity index (χ0n) is 12.8. The Bertz CT molecular complexity index is 891. The number of H-pyrrole nitrogens is 1. The molecule has 2 aromatic carbocycles. The molecule has 1 saturated carbocycles. The number of halogens is 1. The number of aryl methyl sites for hydroxylation is 1. The molecule has 1 heterocycles. The number of aromatic nitrogens is 1. The van der Waals surface area contributed by atoms with Crippen molar-refractivity contribution in [1.29, 1.82) is 0 Å².